The lowest BCUT2D eigenvalue weighted by Crippen LogP contribution is -2.44. The maximum atomic E-state index is 10.2. The molecule has 5 rings (SSSR count). The highest BCUT2D eigenvalue weighted by Gasteiger charge is 2.49. The summed E-state index contributed by atoms with van der Waals surface area (Å²) >= 11 is 0. The van der Waals surface area contributed by atoms with Gasteiger partial charge in [-0.15, -0.1) is 0 Å². The van der Waals surface area contributed by atoms with Gasteiger partial charge in [-0.05, 0) is 110 Å². The molecule has 3 heteroatoms. The van der Waals surface area contributed by atoms with Gasteiger partial charge < -0.3 is 0 Å². The molecule has 3 saturated carbocycles. The summed E-state index contributed by atoms with van der Waals surface area (Å²) in [6.45, 7) is 4.48. The first-order chi connectivity index (χ1) is 17.5. The van der Waals surface area contributed by atoms with E-state index in [0.29, 0.717) is 23.0 Å². The van der Waals surface area contributed by atoms with Crippen molar-refractivity contribution in [2.24, 2.45) is 5.41 Å². The van der Waals surface area contributed by atoms with Gasteiger partial charge in [0.15, 0.2) is 0 Å². The van der Waals surface area contributed by atoms with E-state index in [4.69, 9.17) is 0 Å². The second-order valence-electron chi connectivity index (χ2n) is 11.3. The summed E-state index contributed by atoms with van der Waals surface area (Å²) in [5.74, 6) is 0. The van der Waals surface area contributed by atoms with Crippen LogP contribution in [0, 0.1) is 39.4 Å². The van der Waals surface area contributed by atoms with Crippen LogP contribution >= 0.6 is 0 Å². The molecule has 3 aliphatic carbocycles. The summed E-state index contributed by atoms with van der Waals surface area (Å²) in [6.07, 6.45) is 15.6. The molecule has 3 nitrogen and oxygen atoms in total. The summed E-state index contributed by atoms with van der Waals surface area (Å²) in [5.41, 5.74) is 6.86. The molecule has 0 aromatic heterocycles. The maximum Gasteiger partial charge on any atom is 0.101 e. The molecule has 186 valence electrons. The fraction of sp³-hybridized carbons (Fsp3) is 0.545. The number of hydrogen-bond acceptors (Lipinski definition) is 3. The summed E-state index contributed by atoms with van der Waals surface area (Å²) in [7, 11) is 0. The van der Waals surface area contributed by atoms with Crippen LogP contribution in [0.1, 0.15) is 123 Å². The molecule has 0 atom stereocenters. The SMILES string of the molecule is CCCCCc1ccc(CCc2ccc(C34CCC(CCC)(CC3)CC4)c(C#N)c2C#N)cc1C#N. The summed E-state index contributed by atoms with van der Waals surface area (Å²) < 4.78 is 0. The Kier molecular flexibility index (Phi) is 8.17. The monoisotopic (exact) mass is 477 g/mol. The quantitative estimate of drug-likeness (QED) is 0.324. The Hall–Kier alpha value is -3.09. The van der Waals surface area contributed by atoms with Gasteiger partial charge in [-0.2, -0.15) is 15.8 Å². The highest BCUT2D eigenvalue weighted by molar-refractivity contribution is 5.57. The Morgan fingerprint density at radius 2 is 1.39 bits per heavy atom. The van der Waals surface area contributed by atoms with Gasteiger partial charge in [-0.25, -0.2) is 0 Å². The highest BCUT2D eigenvalue weighted by Crippen LogP contribution is 2.60. The Balaban J connectivity index is 1.54. The molecule has 0 radical (unpaired) electrons. The van der Waals surface area contributed by atoms with Gasteiger partial charge in [0.1, 0.15) is 12.1 Å². The molecule has 2 aromatic rings. The lowest BCUT2D eigenvalue weighted by atomic mass is 9.50. The Morgan fingerprint density at radius 1 is 0.694 bits per heavy atom. The van der Waals surface area contributed by atoms with Crippen molar-refractivity contribution in [2.75, 3.05) is 0 Å². The zero-order chi connectivity index (χ0) is 25.6. The molecule has 36 heavy (non-hydrogen) atoms. The van der Waals surface area contributed by atoms with Crippen LogP contribution in [0.4, 0.5) is 0 Å². The van der Waals surface area contributed by atoms with E-state index < -0.39 is 0 Å². The van der Waals surface area contributed by atoms with Crippen molar-refractivity contribution in [3.63, 3.8) is 0 Å². The zero-order valence-corrected chi connectivity index (χ0v) is 22.1. The number of benzene rings is 2. The van der Waals surface area contributed by atoms with Gasteiger partial charge in [-0.1, -0.05) is 57.4 Å². The van der Waals surface area contributed by atoms with E-state index in [0.717, 1.165) is 66.3 Å². The number of nitriles is 3. The standard InChI is InChI=1S/C33H39N3/c1-3-5-6-7-26-10-8-25(21-28(26)22-34)9-11-27-12-13-31(30(24-36)29(27)23-35)33-18-15-32(14-4-2,16-19-33)17-20-33/h8,10,12-13,21H,3-7,9,11,14-20H2,1-2H3. The Bertz CT molecular complexity index is 1190. The van der Waals surface area contributed by atoms with Crippen LogP contribution in [0.25, 0.3) is 0 Å². The van der Waals surface area contributed by atoms with E-state index in [1.807, 2.05) is 6.07 Å². The van der Waals surface area contributed by atoms with Crippen LogP contribution in [0.5, 0.6) is 0 Å². The molecule has 2 aromatic carbocycles. The lowest BCUT2D eigenvalue weighted by Gasteiger charge is -2.54. The molecule has 0 aliphatic heterocycles. The largest absolute Gasteiger partial charge is 0.192 e. The first kappa shape index (κ1) is 26.0. The topological polar surface area (TPSA) is 71.4 Å². The van der Waals surface area contributed by atoms with E-state index in [-0.39, 0.29) is 5.41 Å². The number of unbranched alkanes of at least 4 members (excludes halogenated alkanes) is 2. The summed E-state index contributed by atoms with van der Waals surface area (Å²) in [6, 6.07) is 17.7. The Labute approximate surface area is 217 Å². The van der Waals surface area contributed by atoms with Crippen molar-refractivity contribution in [3.05, 3.63) is 69.3 Å². The van der Waals surface area contributed by atoms with Crippen molar-refractivity contribution in [1.29, 1.82) is 15.8 Å². The van der Waals surface area contributed by atoms with Gasteiger partial charge in [0.2, 0.25) is 0 Å². The first-order valence-electron chi connectivity index (χ1n) is 14.0. The summed E-state index contributed by atoms with van der Waals surface area (Å²) in [4.78, 5) is 0. The average molecular weight is 478 g/mol. The third-order valence-electron chi connectivity index (χ3n) is 9.30. The normalized spacial score (nSPS) is 22.5. The number of aryl methyl sites for hydroxylation is 3. The minimum Gasteiger partial charge on any atom is -0.192 e. The molecule has 0 unspecified atom stereocenters. The van der Waals surface area contributed by atoms with E-state index in [9.17, 15) is 15.8 Å². The molecular formula is C33H39N3. The second-order valence-corrected chi connectivity index (χ2v) is 11.3. The molecule has 0 amide bonds. The number of rotatable bonds is 10. The number of hydrogen-bond donors (Lipinski definition) is 0. The second kappa shape index (κ2) is 11.3. The van der Waals surface area contributed by atoms with Gasteiger partial charge >= 0.3 is 0 Å². The molecule has 0 saturated heterocycles. The fourth-order valence-electron chi connectivity index (χ4n) is 7.06. The molecule has 2 bridgehead atoms. The molecular weight excluding hydrogens is 438 g/mol. The van der Waals surface area contributed by atoms with Crippen molar-refractivity contribution in [3.8, 4) is 18.2 Å². The van der Waals surface area contributed by atoms with Gasteiger partial charge in [0, 0.05) is 0 Å². The zero-order valence-electron chi connectivity index (χ0n) is 22.1. The molecule has 3 fully saturated rings. The minimum absolute atomic E-state index is 0.0694. The van der Waals surface area contributed by atoms with E-state index >= 15 is 0 Å². The summed E-state index contributed by atoms with van der Waals surface area (Å²) in [5, 5.41) is 29.9. The lowest BCUT2D eigenvalue weighted by molar-refractivity contribution is 0.0319. The third kappa shape index (κ3) is 5.06. The van der Waals surface area contributed by atoms with Crippen LogP contribution in [-0.2, 0) is 24.7 Å². The smallest absolute Gasteiger partial charge is 0.101 e. The first-order valence-corrected chi connectivity index (χ1v) is 14.0. The van der Waals surface area contributed by atoms with Crippen LogP contribution in [-0.4, -0.2) is 0 Å². The molecule has 3 aliphatic rings. The van der Waals surface area contributed by atoms with Gasteiger partial charge in [0.05, 0.1) is 22.8 Å². The fourth-order valence-corrected chi connectivity index (χ4v) is 7.06. The molecule has 0 heterocycles. The van der Waals surface area contributed by atoms with Crippen molar-refractivity contribution in [1.82, 2.24) is 0 Å². The predicted octanol–water partition coefficient (Wildman–Crippen LogP) is 8.21. The van der Waals surface area contributed by atoms with Crippen molar-refractivity contribution < 1.29 is 0 Å². The number of fused-ring (bicyclic) bond motifs is 3. The highest BCUT2D eigenvalue weighted by atomic mass is 14.5. The average Bonchev–Trinajstić information content (AvgIpc) is 2.92. The maximum absolute atomic E-state index is 10.2. The van der Waals surface area contributed by atoms with Crippen LogP contribution < -0.4 is 0 Å². The van der Waals surface area contributed by atoms with E-state index in [1.165, 1.54) is 44.9 Å². The van der Waals surface area contributed by atoms with Crippen molar-refractivity contribution >= 4 is 0 Å². The van der Waals surface area contributed by atoms with Crippen LogP contribution in [0.15, 0.2) is 30.3 Å². The Morgan fingerprint density at radius 3 is 2.00 bits per heavy atom. The predicted molar refractivity (Wildman–Crippen MR) is 144 cm³/mol. The minimum atomic E-state index is 0.0694. The van der Waals surface area contributed by atoms with E-state index in [1.54, 1.807) is 0 Å². The van der Waals surface area contributed by atoms with Crippen LogP contribution in [0.3, 0.4) is 0 Å². The number of nitrogens with zero attached hydrogens (tertiary/aromatic N) is 3. The van der Waals surface area contributed by atoms with E-state index in [2.05, 4.69) is 56.3 Å². The molecule has 0 spiro atoms. The third-order valence-corrected chi connectivity index (χ3v) is 9.30. The van der Waals surface area contributed by atoms with Gasteiger partial charge in [0.25, 0.3) is 0 Å². The van der Waals surface area contributed by atoms with Crippen LogP contribution in [0.2, 0.25) is 0 Å². The van der Waals surface area contributed by atoms with Gasteiger partial charge in [-0.3, -0.25) is 0 Å². The molecule has 0 N–H and O–H groups in total. The van der Waals surface area contributed by atoms with Crippen molar-refractivity contribution in [2.45, 2.75) is 109 Å².